The predicted octanol–water partition coefficient (Wildman–Crippen LogP) is 1.98. The zero-order valence-corrected chi connectivity index (χ0v) is 12.0. The summed E-state index contributed by atoms with van der Waals surface area (Å²) in [7, 11) is 1.61. The number of ether oxygens (including phenoxy) is 1. The third-order valence-corrected chi connectivity index (χ3v) is 4.33. The predicted molar refractivity (Wildman–Crippen MR) is 79.9 cm³/mol. The third-order valence-electron chi connectivity index (χ3n) is 3.10. The second kappa shape index (κ2) is 7.40. The SMILES string of the molecule is COc1cccc(NC(=O)CNCC2CCSC2)c1. The van der Waals surface area contributed by atoms with Gasteiger partial charge in [-0.25, -0.2) is 0 Å². The maximum absolute atomic E-state index is 11.8. The summed E-state index contributed by atoms with van der Waals surface area (Å²) in [6.45, 7) is 1.29. The molecule has 1 aliphatic heterocycles. The number of hydrogen-bond acceptors (Lipinski definition) is 4. The van der Waals surface area contributed by atoms with E-state index in [1.54, 1.807) is 7.11 Å². The molecule has 1 atom stereocenters. The number of rotatable bonds is 6. The lowest BCUT2D eigenvalue weighted by molar-refractivity contribution is -0.115. The number of carbonyl (C=O) groups excluding carboxylic acids is 1. The van der Waals surface area contributed by atoms with E-state index in [1.165, 1.54) is 17.9 Å². The molecule has 1 aromatic rings. The quantitative estimate of drug-likeness (QED) is 0.836. The van der Waals surface area contributed by atoms with Crippen molar-refractivity contribution in [1.29, 1.82) is 0 Å². The van der Waals surface area contributed by atoms with E-state index in [0.29, 0.717) is 6.54 Å². The van der Waals surface area contributed by atoms with Gasteiger partial charge in [0.2, 0.25) is 5.91 Å². The lowest BCUT2D eigenvalue weighted by Crippen LogP contribution is -2.31. The van der Waals surface area contributed by atoms with Crippen molar-refractivity contribution >= 4 is 23.4 Å². The van der Waals surface area contributed by atoms with Crippen molar-refractivity contribution in [2.24, 2.45) is 5.92 Å². The van der Waals surface area contributed by atoms with Gasteiger partial charge in [0.05, 0.1) is 13.7 Å². The van der Waals surface area contributed by atoms with Crippen molar-refractivity contribution in [2.75, 3.05) is 37.0 Å². The van der Waals surface area contributed by atoms with Crippen molar-refractivity contribution in [1.82, 2.24) is 5.32 Å². The lowest BCUT2D eigenvalue weighted by atomic mass is 10.1. The normalized spacial score (nSPS) is 18.3. The van der Waals surface area contributed by atoms with Gasteiger partial charge in [-0.15, -0.1) is 0 Å². The van der Waals surface area contributed by atoms with Crippen LogP contribution in [-0.4, -0.2) is 37.6 Å². The van der Waals surface area contributed by atoms with Crippen LogP contribution in [0.3, 0.4) is 0 Å². The second-order valence-electron chi connectivity index (χ2n) is 4.64. The number of nitrogens with one attached hydrogen (secondary N) is 2. The fourth-order valence-electron chi connectivity index (χ4n) is 2.04. The van der Waals surface area contributed by atoms with Crippen LogP contribution in [0.15, 0.2) is 24.3 Å². The first-order valence-electron chi connectivity index (χ1n) is 6.50. The minimum absolute atomic E-state index is 0.0149. The number of carbonyl (C=O) groups is 1. The van der Waals surface area contributed by atoms with Crippen molar-refractivity contribution in [3.63, 3.8) is 0 Å². The second-order valence-corrected chi connectivity index (χ2v) is 5.79. The minimum atomic E-state index is -0.0149. The van der Waals surface area contributed by atoms with E-state index in [9.17, 15) is 4.79 Å². The van der Waals surface area contributed by atoms with Gasteiger partial charge in [-0.05, 0) is 42.5 Å². The van der Waals surface area contributed by atoms with E-state index < -0.39 is 0 Å². The number of methoxy groups -OCH3 is 1. The maximum atomic E-state index is 11.8. The topological polar surface area (TPSA) is 50.4 Å². The van der Waals surface area contributed by atoms with Crippen LogP contribution < -0.4 is 15.4 Å². The molecule has 1 saturated heterocycles. The Kier molecular flexibility index (Phi) is 5.54. The van der Waals surface area contributed by atoms with Gasteiger partial charge in [0.25, 0.3) is 0 Å². The molecule has 19 heavy (non-hydrogen) atoms. The Balaban J connectivity index is 1.70. The highest BCUT2D eigenvalue weighted by Gasteiger charge is 2.15. The molecular weight excluding hydrogens is 260 g/mol. The molecule has 4 nitrogen and oxygen atoms in total. The highest BCUT2D eigenvalue weighted by atomic mass is 32.2. The Morgan fingerprint density at radius 3 is 3.16 bits per heavy atom. The maximum Gasteiger partial charge on any atom is 0.238 e. The molecule has 1 fully saturated rings. The standard InChI is InChI=1S/C14H20N2O2S/c1-18-13-4-2-3-12(7-13)16-14(17)9-15-8-11-5-6-19-10-11/h2-4,7,11,15H,5-6,8-10H2,1H3,(H,16,17). The van der Waals surface area contributed by atoms with Crippen molar-refractivity contribution in [3.8, 4) is 5.75 Å². The van der Waals surface area contributed by atoms with Crippen LogP contribution in [0, 0.1) is 5.92 Å². The Labute approximate surface area is 118 Å². The molecule has 5 heteroatoms. The van der Waals surface area contributed by atoms with E-state index in [2.05, 4.69) is 10.6 Å². The van der Waals surface area contributed by atoms with Gasteiger partial charge in [0.1, 0.15) is 5.75 Å². The number of anilines is 1. The van der Waals surface area contributed by atoms with Gasteiger partial charge in [-0.2, -0.15) is 11.8 Å². The van der Waals surface area contributed by atoms with Gasteiger partial charge in [0.15, 0.2) is 0 Å². The molecule has 104 valence electrons. The van der Waals surface area contributed by atoms with E-state index in [0.717, 1.165) is 23.9 Å². The van der Waals surface area contributed by atoms with Crippen LogP contribution in [-0.2, 0) is 4.79 Å². The Morgan fingerprint density at radius 1 is 1.53 bits per heavy atom. The Bertz CT molecular complexity index is 420. The largest absolute Gasteiger partial charge is 0.497 e. The number of benzene rings is 1. The Hall–Kier alpha value is -1.20. The van der Waals surface area contributed by atoms with E-state index in [-0.39, 0.29) is 5.91 Å². The molecule has 1 amide bonds. The first-order chi connectivity index (χ1) is 9.28. The molecule has 0 saturated carbocycles. The highest BCUT2D eigenvalue weighted by Crippen LogP contribution is 2.22. The molecule has 1 unspecified atom stereocenters. The first-order valence-corrected chi connectivity index (χ1v) is 7.66. The van der Waals surface area contributed by atoms with Gasteiger partial charge >= 0.3 is 0 Å². The molecule has 0 aliphatic carbocycles. The van der Waals surface area contributed by atoms with Crippen molar-refractivity contribution < 1.29 is 9.53 Å². The zero-order valence-electron chi connectivity index (χ0n) is 11.1. The monoisotopic (exact) mass is 280 g/mol. The van der Waals surface area contributed by atoms with Crippen molar-refractivity contribution in [3.05, 3.63) is 24.3 Å². The van der Waals surface area contributed by atoms with Gasteiger partial charge in [-0.1, -0.05) is 6.07 Å². The van der Waals surface area contributed by atoms with E-state index in [4.69, 9.17) is 4.74 Å². The van der Waals surface area contributed by atoms with Crippen LogP contribution in [0.2, 0.25) is 0 Å². The zero-order chi connectivity index (χ0) is 13.5. The van der Waals surface area contributed by atoms with Gasteiger partial charge in [0, 0.05) is 11.8 Å². The molecule has 1 aliphatic rings. The smallest absolute Gasteiger partial charge is 0.238 e. The third kappa shape index (κ3) is 4.76. The first kappa shape index (κ1) is 14.2. The summed E-state index contributed by atoms with van der Waals surface area (Å²) < 4.78 is 5.12. The average molecular weight is 280 g/mol. The van der Waals surface area contributed by atoms with Gasteiger partial charge < -0.3 is 15.4 Å². The lowest BCUT2D eigenvalue weighted by Gasteiger charge is -2.10. The summed E-state index contributed by atoms with van der Waals surface area (Å²) >= 11 is 1.99. The number of thioether (sulfide) groups is 1. The fourth-order valence-corrected chi connectivity index (χ4v) is 3.32. The summed E-state index contributed by atoms with van der Waals surface area (Å²) in [6, 6.07) is 7.38. The molecule has 0 bridgehead atoms. The van der Waals surface area contributed by atoms with Crippen LogP contribution >= 0.6 is 11.8 Å². The number of amides is 1. The summed E-state index contributed by atoms with van der Waals surface area (Å²) in [5.41, 5.74) is 0.766. The van der Waals surface area contributed by atoms with E-state index >= 15 is 0 Å². The van der Waals surface area contributed by atoms with Crippen LogP contribution in [0.4, 0.5) is 5.69 Å². The average Bonchev–Trinajstić information content (AvgIpc) is 2.92. The fraction of sp³-hybridized carbons (Fsp3) is 0.500. The molecule has 2 N–H and O–H groups in total. The molecule has 2 rings (SSSR count). The van der Waals surface area contributed by atoms with E-state index in [1.807, 2.05) is 36.0 Å². The van der Waals surface area contributed by atoms with Crippen LogP contribution in [0.5, 0.6) is 5.75 Å². The van der Waals surface area contributed by atoms with Crippen LogP contribution in [0.1, 0.15) is 6.42 Å². The highest BCUT2D eigenvalue weighted by molar-refractivity contribution is 7.99. The summed E-state index contributed by atoms with van der Waals surface area (Å²) in [4.78, 5) is 11.8. The minimum Gasteiger partial charge on any atom is -0.497 e. The summed E-state index contributed by atoms with van der Waals surface area (Å²) in [5.74, 6) is 3.91. The molecule has 0 aromatic heterocycles. The summed E-state index contributed by atoms with van der Waals surface area (Å²) in [5, 5.41) is 6.07. The molecular formula is C14H20N2O2S. The van der Waals surface area contributed by atoms with Crippen LogP contribution in [0.25, 0.3) is 0 Å². The Morgan fingerprint density at radius 2 is 2.42 bits per heavy atom. The number of hydrogen-bond donors (Lipinski definition) is 2. The summed E-state index contributed by atoms with van der Waals surface area (Å²) in [6.07, 6.45) is 1.26. The van der Waals surface area contributed by atoms with Crippen molar-refractivity contribution in [2.45, 2.75) is 6.42 Å². The molecule has 1 heterocycles. The molecule has 1 aromatic carbocycles. The molecule has 0 spiro atoms. The van der Waals surface area contributed by atoms with Gasteiger partial charge in [-0.3, -0.25) is 4.79 Å². The molecule has 0 radical (unpaired) electrons.